The molecule has 0 amide bonds. The number of hydrogen-bond acceptors (Lipinski definition) is 0. The monoisotopic (exact) mass is 250 g/mol. The standard InChI is InChI=1S/C19H22/c1-7-11-17-15(9-3)13-16(10-4)18(12-8-2)19(17)14(5)6/h7-13H,1,4-5H2,2-3,6H3/b12-8-,15-9-,17-11+. The zero-order valence-electron chi connectivity index (χ0n) is 12.2. The van der Waals surface area contributed by atoms with Gasteiger partial charge in [-0.2, -0.15) is 0 Å². The van der Waals surface area contributed by atoms with E-state index in [1.54, 1.807) is 0 Å². The van der Waals surface area contributed by atoms with Crippen molar-refractivity contribution in [1.82, 2.24) is 0 Å². The molecule has 0 radical (unpaired) electrons. The molecule has 0 aromatic heterocycles. The van der Waals surface area contributed by atoms with E-state index in [0.717, 1.165) is 11.1 Å². The summed E-state index contributed by atoms with van der Waals surface area (Å²) in [5.74, 6) is 0. The lowest BCUT2D eigenvalue weighted by Gasteiger charge is -2.12. The van der Waals surface area contributed by atoms with Crippen LogP contribution in [-0.2, 0) is 0 Å². The fraction of sp³-hybridized carbons (Fsp3) is 0.158. The van der Waals surface area contributed by atoms with Crippen molar-refractivity contribution in [3.05, 3.63) is 65.1 Å². The summed E-state index contributed by atoms with van der Waals surface area (Å²) in [7, 11) is 0. The van der Waals surface area contributed by atoms with Gasteiger partial charge in [0.05, 0.1) is 0 Å². The highest BCUT2D eigenvalue weighted by atomic mass is 14.1. The van der Waals surface area contributed by atoms with Crippen LogP contribution in [0.15, 0.2) is 38.0 Å². The van der Waals surface area contributed by atoms with Crippen LogP contribution in [0.1, 0.15) is 37.5 Å². The Hall–Kier alpha value is -2.08. The molecule has 19 heavy (non-hydrogen) atoms. The first-order valence-electron chi connectivity index (χ1n) is 6.47. The van der Waals surface area contributed by atoms with E-state index in [0.29, 0.717) is 0 Å². The van der Waals surface area contributed by atoms with Crippen LogP contribution in [-0.4, -0.2) is 0 Å². The zero-order chi connectivity index (χ0) is 14.4. The van der Waals surface area contributed by atoms with E-state index in [1.807, 2.05) is 45.1 Å². The van der Waals surface area contributed by atoms with Crippen LogP contribution in [0.5, 0.6) is 0 Å². The Morgan fingerprint density at radius 2 is 1.89 bits per heavy atom. The van der Waals surface area contributed by atoms with Crippen molar-refractivity contribution >= 4 is 29.9 Å². The number of benzene rings is 1. The van der Waals surface area contributed by atoms with Gasteiger partial charge in [0.15, 0.2) is 0 Å². The molecule has 1 aromatic rings. The Morgan fingerprint density at radius 1 is 1.21 bits per heavy atom. The fourth-order valence-corrected chi connectivity index (χ4v) is 2.27. The van der Waals surface area contributed by atoms with Gasteiger partial charge in [-0.05, 0) is 59.5 Å². The topological polar surface area (TPSA) is 0 Å². The lowest BCUT2D eigenvalue weighted by molar-refractivity contribution is 1.40. The van der Waals surface area contributed by atoms with Gasteiger partial charge in [0.2, 0.25) is 0 Å². The maximum absolute atomic E-state index is 4.13. The van der Waals surface area contributed by atoms with E-state index in [-0.39, 0.29) is 0 Å². The molecule has 0 saturated carbocycles. The van der Waals surface area contributed by atoms with Crippen LogP contribution in [0.2, 0.25) is 0 Å². The van der Waals surface area contributed by atoms with Crippen LogP contribution in [0, 0.1) is 0 Å². The van der Waals surface area contributed by atoms with E-state index in [4.69, 9.17) is 0 Å². The third-order valence-corrected chi connectivity index (χ3v) is 3.05. The summed E-state index contributed by atoms with van der Waals surface area (Å²) >= 11 is 0. The molecule has 0 bridgehead atoms. The maximum atomic E-state index is 4.13. The van der Waals surface area contributed by atoms with Crippen molar-refractivity contribution in [1.29, 1.82) is 0 Å². The molecule has 0 N–H and O–H groups in total. The highest BCUT2D eigenvalue weighted by molar-refractivity contribution is 5.79. The first-order valence-corrected chi connectivity index (χ1v) is 6.47. The highest BCUT2D eigenvalue weighted by Crippen LogP contribution is 2.19. The molecule has 0 spiro atoms. The Morgan fingerprint density at radius 3 is 2.32 bits per heavy atom. The molecule has 0 fully saturated rings. The van der Waals surface area contributed by atoms with Gasteiger partial charge in [0.1, 0.15) is 0 Å². The second kappa shape index (κ2) is 6.75. The van der Waals surface area contributed by atoms with Crippen molar-refractivity contribution in [2.75, 3.05) is 0 Å². The minimum Gasteiger partial charge on any atom is -0.0990 e. The molecule has 0 unspecified atom stereocenters. The van der Waals surface area contributed by atoms with Crippen LogP contribution < -0.4 is 10.4 Å². The molecule has 0 saturated heterocycles. The van der Waals surface area contributed by atoms with Gasteiger partial charge in [-0.15, -0.1) is 0 Å². The van der Waals surface area contributed by atoms with Gasteiger partial charge in [-0.3, -0.25) is 0 Å². The maximum Gasteiger partial charge on any atom is -0.00762 e. The smallest absolute Gasteiger partial charge is 0.00762 e. The average Bonchev–Trinajstić information content (AvgIpc) is 2.39. The second-order valence-corrected chi connectivity index (χ2v) is 4.43. The van der Waals surface area contributed by atoms with Crippen molar-refractivity contribution in [3.63, 3.8) is 0 Å². The predicted molar refractivity (Wildman–Crippen MR) is 90.0 cm³/mol. The molecular weight excluding hydrogens is 228 g/mol. The number of allylic oxidation sites excluding steroid dienone is 3. The second-order valence-electron chi connectivity index (χ2n) is 4.43. The van der Waals surface area contributed by atoms with Crippen LogP contribution in [0.25, 0.3) is 29.9 Å². The molecule has 0 heteroatoms. The molecule has 0 nitrogen and oxygen atoms in total. The van der Waals surface area contributed by atoms with Crippen molar-refractivity contribution in [2.45, 2.75) is 20.8 Å². The molecule has 0 heterocycles. The molecule has 1 aromatic carbocycles. The molecule has 0 aliphatic rings. The largest absolute Gasteiger partial charge is 0.0990 e. The number of hydrogen-bond donors (Lipinski definition) is 0. The molecule has 0 atom stereocenters. The van der Waals surface area contributed by atoms with E-state index in [1.165, 1.54) is 21.6 Å². The lowest BCUT2D eigenvalue weighted by atomic mass is 9.92. The quantitative estimate of drug-likeness (QED) is 0.752. The zero-order valence-corrected chi connectivity index (χ0v) is 12.2. The van der Waals surface area contributed by atoms with Gasteiger partial charge < -0.3 is 0 Å². The van der Waals surface area contributed by atoms with Gasteiger partial charge in [-0.1, -0.05) is 56.2 Å². The van der Waals surface area contributed by atoms with E-state index in [2.05, 4.69) is 38.0 Å². The summed E-state index contributed by atoms with van der Waals surface area (Å²) < 4.78 is 0. The normalized spacial score (nSPS) is 13.0. The molecule has 98 valence electrons. The average molecular weight is 250 g/mol. The van der Waals surface area contributed by atoms with Crippen molar-refractivity contribution < 1.29 is 0 Å². The summed E-state index contributed by atoms with van der Waals surface area (Å²) in [5, 5.41) is 2.35. The Labute approximate surface area is 116 Å². The predicted octanol–water partition coefficient (Wildman–Crippen LogP) is 4.16. The van der Waals surface area contributed by atoms with Gasteiger partial charge in [-0.25, -0.2) is 0 Å². The third-order valence-electron chi connectivity index (χ3n) is 3.05. The summed E-state index contributed by atoms with van der Waals surface area (Å²) in [6.45, 7) is 18.0. The molecule has 1 rings (SSSR count). The molecular formula is C19H22. The van der Waals surface area contributed by atoms with Crippen molar-refractivity contribution in [2.24, 2.45) is 0 Å². The van der Waals surface area contributed by atoms with E-state index < -0.39 is 0 Å². The SMILES string of the molecule is C=C/C=c1/c(C(=C)C)c(/C=C\C)c(C=C)c/c1=C/C. The van der Waals surface area contributed by atoms with E-state index in [9.17, 15) is 0 Å². The lowest BCUT2D eigenvalue weighted by Crippen LogP contribution is -2.29. The van der Waals surface area contributed by atoms with Crippen LogP contribution in [0.3, 0.4) is 0 Å². The molecule has 0 aliphatic heterocycles. The summed E-state index contributed by atoms with van der Waals surface area (Å²) in [4.78, 5) is 0. The third kappa shape index (κ3) is 3.03. The van der Waals surface area contributed by atoms with Crippen LogP contribution in [0.4, 0.5) is 0 Å². The Kier molecular flexibility index (Phi) is 5.32. The summed E-state index contributed by atoms with van der Waals surface area (Å²) in [5.41, 5.74) is 4.52. The van der Waals surface area contributed by atoms with Gasteiger partial charge >= 0.3 is 0 Å². The Balaban J connectivity index is 4.09. The van der Waals surface area contributed by atoms with Gasteiger partial charge in [0, 0.05) is 0 Å². The van der Waals surface area contributed by atoms with Crippen LogP contribution >= 0.6 is 0 Å². The van der Waals surface area contributed by atoms with E-state index >= 15 is 0 Å². The first kappa shape index (κ1) is 15.0. The fourth-order valence-electron chi connectivity index (χ4n) is 2.27. The highest BCUT2D eigenvalue weighted by Gasteiger charge is 2.08. The Bertz CT molecular complexity index is 652. The minimum absolute atomic E-state index is 1.05. The summed E-state index contributed by atoms with van der Waals surface area (Å²) in [6, 6.07) is 2.16. The van der Waals surface area contributed by atoms with Crippen molar-refractivity contribution in [3.8, 4) is 0 Å². The summed E-state index contributed by atoms with van der Waals surface area (Å²) in [6.07, 6.45) is 12.0. The molecule has 0 aliphatic carbocycles. The number of rotatable bonds is 4. The first-order chi connectivity index (χ1) is 9.10. The van der Waals surface area contributed by atoms with Gasteiger partial charge in [0.25, 0.3) is 0 Å². The minimum atomic E-state index is 1.05.